The molecule has 0 spiro atoms. The van der Waals surface area contributed by atoms with Gasteiger partial charge >= 0.3 is 5.97 Å². The molecule has 1 N–H and O–H groups in total. The molecule has 2 heterocycles. The summed E-state index contributed by atoms with van der Waals surface area (Å²) in [7, 11) is 0. The Kier molecular flexibility index (Phi) is 5.97. The van der Waals surface area contributed by atoms with E-state index in [1.165, 1.54) is 0 Å². The molecule has 7 heteroatoms. The van der Waals surface area contributed by atoms with Gasteiger partial charge in [0, 0.05) is 12.0 Å². The van der Waals surface area contributed by atoms with Gasteiger partial charge in [0.15, 0.2) is 0 Å². The van der Waals surface area contributed by atoms with E-state index in [1.54, 1.807) is 16.0 Å². The van der Waals surface area contributed by atoms with E-state index in [-0.39, 0.29) is 6.42 Å². The SMILES string of the molecule is Cc1nn(Cc2ccccc2)c(Cl)c1/C=C(/CCC(=O)O)c1nc2ccccc2s1. The number of para-hydroxylation sites is 1. The lowest BCUT2D eigenvalue weighted by Gasteiger charge is -2.05. The van der Waals surface area contributed by atoms with Crippen molar-refractivity contribution in [2.24, 2.45) is 0 Å². The zero-order chi connectivity index (χ0) is 21.1. The molecule has 2 aromatic carbocycles. The molecule has 5 nitrogen and oxygen atoms in total. The Morgan fingerprint density at radius 3 is 2.60 bits per heavy atom. The van der Waals surface area contributed by atoms with Crippen LogP contribution in [0.1, 0.15) is 34.7 Å². The number of fused-ring (bicyclic) bond motifs is 1. The molecule has 0 unspecified atom stereocenters. The first-order valence-corrected chi connectivity index (χ1v) is 10.8. The fraction of sp³-hybridized carbons (Fsp3) is 0.174. The Hall–Kier alpha value is -2.96. The molecule has 0 fully saturated rings. The topological polar surface area (TPSA) is 68.0 Å². The van der Waals surface area contributed by atoms with Crippen molar-refractivity contribution < 1.29 is 9.90 Å². The van der Waals surface area contributed by atoms with Crippen molar-refractivity contribution in [3.8, 4) is 0 Å². The Balaban J connectivity index is 1.73. The van der Waals surface area contributed by atoms with Crippen molar-refractivity contribution in [2.45, 2.75) is 26.3 Å². The monoisotopic (exact) mass is 437 g/mol. The number of halogens is 1. The molecule has 0 saturated carbocycles. The number of thiazole rings is 1. The normalized spacial score (nSPS) is 11.9. The first-order valence-electron chi connectivity index (χ1n) is 9.56. The van der Waals surface area contributed by atoms with Crippen molar-refractivity contribution in [1.29, 1.82) is 0 Å². The highest BCUT2D eigenvalue weighted by atomic mass is 35.5. The van der Waals surface area contributed by atoms with Crippen molar-refractivity contribution in [3.05, 3.63) is 81.6 Å². The van der Waals surface area contributed by atoms with Gasteiger partial charge in [-0.2, -0.15) is 5.10 Å². The predicted molar refractivity (Wildman–Crippen MR) is 122 cm³/mol. The highest BCUT2D eigenvalue weighted by Crippen LogP contribution is 2.33. The summed E-state index contributed by atoms with van der Waals surface area (Å²) in [5.41, 5.74) is 4.45. The van der Waals surface area contributed by atoms with Crippen LogP contribution < -0.4 is 0 Å². The highest BCUT2D eigenvalue weighted by Gasteiger charge is 2.16. The molecule has 152 valence electrons. The number of aliphatic carboxylic acids is 1. The van der Waals surface area contributed by atoms with Gasteiger partial charge in [-0.3, -0.25) is 4.79 Å². The van der Waals surface area contributed by atoms with Gasteiger partial charge in [-0.05, 0) is 42.7 Å². The molecule has 2 aromatic heterocycles. The first kappa shape index (κ1) is 20.3. The van der Waals surface area contributed by atoms with E-state index in [1.807, 2.05) is 67.6 Å². The van der Waals surface area contributed by atoms with E-state index in [2.05, 4.69) is 5.10 Å². The number of aryl methyl sites for hydroxylation is 1. The van der Waals surface area contributed by atoms with Gasteiger partial charge in [0.05, 0.1) is 22.5 Å². The van der Waals surface area contributed by atoms with Gasteiger partial charge < -0.3 is 5.11 Å². The number of hydrogen-bond acceptors (Lipinski definition) is 4. The molecule has 0 radical (unpaired) electrons. The maximum atomic E-state index is 11.2. The van der Waals surface area contributed by atoms with Gasteiger partial charge in [-0.25, -0.2) is 9.67 Å². The molecule has 0 amide bonds. The number of hydrogen-bond donors (Lipinski definition) is 1. The molecule has 4 aromatic rings. The maximum Gasteiger partial charge on any atom is 0.303 e. The third-order valence-corrected chi connectivity index (χ3v) is 6.29. The summed E-state index contributed by atoms with van der Waals surface area (Å²) in [5, 5.41) is 15.1. The van der Waals surface area contributed by atoms with Crippen LogP contribution in [0.2, 0.25) is 5.15 Å². The van der Waals surface area contributed by atoms with Crippen LogP contribution in [0, 0.1) is 6.92 Å². The van der Waals surface area contributed by atoms with Crippen molar-refractivity contribution in [2.75, 3.05) is 0 Å². The van der Waals surface area contributed by atoms with E-state index in [0.29, 0.717) is 18.1 Å². The number of carboxylic acid groups (broad SMARTS) is 1. The van der Waals surface area contributed by atoms with Gasteiger partial charge in [-0.15, -0.1) is 11.3 Å². The van der Waals surface area contributed by atoms with Gasteiger partial charge in [-0.1, -0.05) is 54.1 Å². The lowest BCUT2D eigenvalue weighted by atomic mass is 10.1. The van der Waals surface area contributed by atoms with Crippen LogP contribution in [0.4, 0.5) is 0 Å². The quantitative estimate of drug-likeness (QED) is 0.390. The summed E-state index contributed by atoms with van der Waals surface area (Å²) in [6, 6.07) is 17.9. The van der Waals surface area contributed by atoms with Gasteiger partial charge in [0.2, 0.25) is 0 Å². The van der Waals surface area contributed by atoms with Crippen LogP contribution in [-0.4, -0.2) is 25.8 Å². The van der Waals surface area contributed by atoms with Crippen molar-refractivity contribution in [3.63, 3.8) is 0 Å². The average Bonchev–Trinajstić information content (AvgIpc) is 3.27. The van der Waals surface area contributed by atoms with Crippen LogP contribution in [0.5, 0.6) is 0 Å². The second kappa shape index (κ2) is 8.81. The number of aromatic nitrogens is 3. The summed E-state index contributed by atoms with van der Waals surface area (Å²) in [5.74, 6) is -0.843. The molecule has 0 bridgehead atoms. The number of benzene rings is 2. The third kappa shape index (κ3) is 4.45. The van der Waals surface area contributed by atoms with Crippen LogP contribution in [0.3, 0.4) is 0 Å². The summed E-state index contributed by atoms with van der Waals surface area (Å²) >= 11 is 8.23. The number of carboxylic acids is 1. The van der Waals surface area contributed by atoms with E-state index in [0.717, 1.165) is 37.6 Å². The Morgan fingerprint density at radius 2 is 1.87 bits per heavy atom. The molecular weight excluding hydrogens is 418 g/mol. The summed E-state index contributed by atoms with van der Waals surface area (Å²) in [4.78, 5) is 15.9. The third-order valence-electron chi connectivity index (χ3n) is 4.78. The fourth-order valence-electron chi connectivity index (χ4n) is 3.26. The Bertz CT molecular complexity index is 1190. The molecule has 0 atom stereocenters. The smallest absolute Gasteiger partial charge is 0.303 e. The summed E-state index contributed by atoms with van der Waals surface area (Å²) in [6.45, 7) is 2.48. The predicted octanol–water partition coefficient (Wildman–Crippen LogP) is 5.91. The number of rotatable bonds is 7. The highest BCUT2D eigenvalue weighted by molar-refractivity contribution is 7.19. The molecule has 0 aliphatic heterocycles. The zero-order valence-electron chi connectivity index (χ0n) is 16.4. The average molecular weight is 438 g/mol. The van der Waals surface area contributed by atoms with E-state index < -0.39 is 5.97 Å². The first-order chi connectivity index (χ1) is 14.5. The molecular formula is C23H20ClN3O2S. The standard InChI is InChI=1S/C23H20ClN3O2S/c1-15-18(22(24)27(26-15)14-16-7-3-2-4-8-16)13-17(11-12-21(28)29)23-25-19-9-5-6-10-20(19)30-23/h2-10,13H,11-12,14H2,1H3,(H,28,29)/b17-13-. The fourth-order valence-corrected chi connectivity index (χ4v) is 4.56. The minimum Gasteiger partial charge on any atom is -0.481 e. The number of carbonyl (C=O) groups is 1. The summed E-state index contributed by atoms with van der Waals surface area (Å²) in [6.07, 6.45) is 2.33. The lowest BCUT2D eigenvalue weighted by molar-refractivity contribution is -0.136. The minimum absolute atomic E-state index is 0.0244. The van der Waals surface area contributed by atoms with Crippen molar-refractivity contribution >= 4 is 50.8 Å². The molecule has 30 heavy (non-hydrogen) atoms. The Morgan fingerprint density at radius 1 is 1.13 bits per heavy atom. The molecule has 0 aliphatic rings. The second-order valence-corrected chi connectivity index (χ2v) is 8.37. The lowest BCUT2D eigenvalue weighted by Crippen LogP contribution is -2.01. The van der Waals surface area contributed by atoms with Gasteiger partial charge in [0.1, 0.15) is 10.2 Å². The van der Waals surface area contributed by atoms with E-state index >= 15 is 0 Å². The zero-order valence-corrected chi connectivity index (χ0v) is 18.0. The molecule has 0 saturated heterocycles. The number of allylic oxidation sites excluding steroid dienone is 1. The molecule has 4 rings (SSSR count). The van der Waals surface area contributed by atoms with E-state index in [4.69, 9.17) is 16.6 Å². The van der Waals surface area contributed by atoms with Crippen LogP contribution >= 0.6 is 22.9 Å². The Labute approximate surface area is 183 Å². The summed E-state index contributed by atoms with van der Waals surface area (Å²) < 4.78 is 2.84. The molecule has 0 aliphatic carbocycles. The maximum absolute atomic E-state index is 11.2. The van der Waals surface area contributed by atoms with E-state index in [9.17, 15) is 9.90 Å². The second-order valence-electron chi connectivity index (χ2n) is 6.98. The van der Waals surface area contributed by atoms with Crippen LogP contribution in [0.25, 0.3) is 21.9 Å². The number of nitrogens with zero attached hydrogens (tertiary/aromatic N) is 3. The van der Waals surface area contributed by atoms with Crippen LogP contribution in [-0.2, 0) is 11.3 Å². The minimum atomic E-state index is -0.843. The van der Waals surface area contributed by atoms with Crippen molar-refractivity contribution in [1.82, 2.24) is 14.8 Å². The van der Waals surface area contributed by atoms with Crippen LogP contribution in [0.15, 0.2) is 54.6 Å². The van der Waals surface area contributed by atoms with Gasteiger partial charge in [0.25, 0.3) is 0 Å². The largest absolute Gasteiger partial charge is 0.481 e.